The number of hydrogen-bond donors (Lipinski definition) is 2. The Kier molecular flexibility index (Phi) is 4.57. The summed E-state index contributed by atoms with van der Waals surface area (Å²) in [4.78, 5) is 34.7. The van der Waals surface area contributed by atoms with Crippen molar-refractivity contribution >= 4 is 17.9 Å². The zero-order valence-corrected chi connectivity index (χ0v) is 12.1. The quantitative estimate of drug-likeness (QED) is 0.819. The highest BCUT2D eigenvalue weighted by molar-refractivity contribution is 5.98. The van der Waals surface area contributed by atoms with Crippen LogP contribution in [0.4, 0.5) is 4.79 Å². The summed E-state index contributed by atoms with van der Waals surface area (Å²) < 4.78 is 5.07. The fourth-order valence-corrected chi connectivity index (χ4v) is 2.26. The Balaban J connectivity index is 1.97. The van der Waals surface area contributed by atoms with Crippen molar-refractivity contribution in [2.75, 3.05) is 7.05 Å². The molecule has 1 aromatic rings. The van der Waals surface area contributed by atoms with E-state index in [4.69, 9.17) is 4.74 Å². The predicted octanol–water partition coefficient (Wildman–Crippen LogP) is 1.18. The lowest BCUT2D eigenvalue weighted by molar-refractivity contribution is -0.127. The summed E-state index contributed by atoms with van der Waals surface area (Å²) in [5, 5.41) is 4.31. The van der Waals surface area contributed by atoms with Gasteiger partial charge in [0.15, 0.2) is 6.10 Å². The summed E-state index contributed by atoms with van der Waals surface area (Å²) >= 11 is 0. The summed E-state index contributed by atoms with van der Waals surface area (Å²) in [6.07, 6.45) is 2.06. The van der Waals surface area contributed by atoms with Crippen LogP contribution < -0.4 is 10.6 Å². The largest absolute Gasteiger partial charge is 0.449 e. The Morgan fingerprint density at radius 3 is 2.62 bits per heavy atom. The van der Waals surface area contributed by atoms with Crippen molar-refractivity contribution < 1.29 is 19.1 Å². The maximum absolute atomic E-state index is 12.0. The molecule has 0 fully saturated rings. The molecule has 0 saturated heterocycles. The fourth-order valence-electron chi connectivity index (χ4n) is 2.26. The molecule has 0 bridgehead atoms. The SMILES string of the molecule is CNC(=O)NC(=O)[C@H](C)OC(=O)c1ccc2c(c1)CCC2. The molecule has 1 aliphatic rings. The first kappa shape index (κ1) is 15.0. The van der Waals surface area contributed by atoms with Gasteiger partial charge in [-0.25, -0.2) is 9.59 Å². The van der Waals surface area contributed by atoms with Crippen molar-refractivity contribution in [1.82, 2.24) is 10.6 Å². The third-order valence-corrected chi connectivity index (χ3v) is 3.45. The van der Waals surface area contributed by atoms with Gasteiger partial charge in [-0.2, -0.15) is 0 Å². The number of imide groups is 1. The van der Waals surface area contributed by atoms with E-state index >= 15 is 0 Å². The molecule has 6 heteroatoms. The molecule has 0 aromatic heterocycles. The summed E-state index contributed by atoms with van der Waals surface area (Å²) in [7, 11) is 1.39. The van der Waals surface area contributed by atoms with Gasteiger partial charge in [0.25, 0.3) is 5.91 Å². The van der Waals surface area contributed by atoms with Gasteiger partial charge in [0.2, 0.25) is 0 Å². The number of aryl methyl sites for hydroxylation is 2. The number of esters is 1. The number of hydrogen-bond acceptors (Lipinski definition) is 4. The van der Waals surface area contributed by atoms with E-state index in [1.807, 2.05) is 12.1 Å². The van der Waals surface area contributed by atoms with Crippen molar-refractivity contribution in [3.8, 4) is 0 Å². The summed E-state index contributed by atoms with van der Waals surface area (Å²) in [5.74, 6) is -1.23. The lowest BCUT2D eigenvalue weighted by atomic mass is 10.1. The molecule has 2 N–H and O–H groups in total. The lowest BCUT2D eigenvalue weighted by Crippen LogP contribution is -2.43. The molecular formula is C15H18N2O4. The number of carbonyl (C=O) groups excluding carboxylic acids is 3. The van der Waals surface area contributed by atoms with Crippen molar-refractivity contribution in [1.29, 1.82) is 0 Å². The van der Waals surface area contributed by atoms with Gasteiger partial charge in [-0.1, -0.05) is 6.07 Å². The second-order valence-corrected chi connectivity index (χ2v) is 4.95. The Bertz CT molecular complexity index is 583. The number of benzene rings is 1. The van der Waals surface area contributed by atoms with Crippen LogP contribution in [0.1, 0.15) is 34.8 Å². The van der Waals surface area contributed by atoms with Crippen LogP contribution >= 0.6 is 0 Å². The summed E-state index contributed by atoms with van der Waals surface area (Å²) in [5.41, 5.74) is 2.85. The summed E-state index contributed by atoms with van der Waals surface area (Å²) in [6, 6.07) is 4.80. The molecule has 1 atom stereocenters. The van der Waals surface area contributed by atoms with Gasteiger partial charge >= 0.3 is 12.0 Å². The zero-order valence-electron chi connectivity index (χ0n) is 12.1. The van der Waals surface area contributed by atoms with Crippen LogP contribution in [0.25, 0.3) is 0 Å². The normalized spacial score (nSPS) is 14.0. The van der Waals surface area contributed by atoms with Crippen LogP contribution in [0.5, 0.6) is 0 Å². The molecule has 0 heterocycles. The molecule has 1 aliphatic carbocycles. The van der Waals surface area contributed by atoms with Gasteiger partial charge in [-0.15, -0.1) is 0 Å². The molecule has 21 heavy (non-hydrogen) atoms. The molecule has 0 saturated carbocycles. The number of fused-ring (bicyclic) bond motifs is 1. The zero-order chi connectivity index (χ0) is 15.4. The lowest BCUT2D eigenvalue weighted by Gasteiger charge is -2.13. The van der Waals surface area contributed by atoms with Gasteiger partial charge in [0.05, 0.1) is 5.56 Å². The van der Waals surface area contributed by atoms with Gasteiger partial charge < -0.3 is 10.1 Å². The topological polar surface area (TPSA) is 84.5 Å². The molecule has 0 spiro atoms. The van der Waals surface area contributed by atoms with Crippen LogP contribution in [-0.4, -0.2) is 31.1 Å². The van der Waals surface area contributed by atoms with Crippen LogP contribution in [0.3, 0.4) is 0 Å². The summed E-state index contributed by atoms with van der Waals surface area (Å²) in [6.45, 7) is 1.42. The number of carbonyl (C=O) groups is 3. The van der Waals surface area contributed by atoms with Crippen molar-refractivity contribution in [2.24, 2.45) is 0 Å². The molecular weight excluding hydrogens is 272 g/mol. The molecule has 0 aliphatic heterocycles. The average molecular weight is 290 g/mol. The van der Waals surface area contributed by atoms with E-state index in [1.165, 1.54) is 19.5 Å². The standard InChI is InChI=1S/C15H18N2O4/c1-9(13(18)17-15(20)16-2)21-14(19)12-7-6-10-4-3-5-11(10)8-12/h6-9H,3-5H2,1-2H3,(H2,16,17,18,20)/t9-/m0/s1. The number of urea groups is 1. The Morgan fingerprint density at radius 1 is 1.19 bits per heavy atom. The number of amides is 3. The van der Waals surface area contributed by atoms with E-state index < -0.39 is 24.0 Å². The molecule has 0 radical (unpaired) electrons. The molecule has 6 nitrogen and oxygen atoms in total. The van der Waals surface area contributed by atoms with E-state index in [0.29, 0.717) is 5.56 Å². The highest BCUT2D eigenvalue weighted by atomic mass is 16.5. The minimum Gasteiger partial charge on any atom is -0.449 e. The molecule has 112 valence electrons. The fraction of sp³-hybridized carbons (Fsp3) is 0.400. The van der Waals surface area contributed by atoms with E-state index in [-0.39, 0.29) is 0 Å². The maximum atomic E-state index is 12.0. The van der Waals surface area contributed by atoms with Crippen LogP contribution in [0.15, 0.2) is 18.2 Å². The highest BCUT2D eigenvalue weighted by Crippen LogP contribution is 2.23. The van der Waals surface area contributed by atoms with Crippen molar-refractivity contribution in [3.05, 3.63) is 34.9 Å². The second-order valence-electron chi connectivity index (χ2n) is 4.95. The smallest absolute Gasteiger partial charge is 0.338 e. The number of nitrogens with one attached hydrogen (secondary N) is 2. The molecule has 2 rings (SSSR count). The van der Waals surface area contributed by atoms with Gasteiger partial charge in [0.1, 0.15) is 0 Å². The minimum absolute atomic E-state index is 0.426. The van der Waals surface area contributed by atoms with Crippen LogP contribution in [-0.2, 0) is 22.4 Å². The average Bonchev–Trinajstić information content (AvgIpc) is 2.94. The predicted molar refractivity (Wildman–Crippen MR) is 75.9 cm³/mol. The Hall–Kier alpha value is -2.37. The third kappa shape index (κ3) is 3.59. The molecule has 0 unspecified atom stereocenters. The first-order valence-corrected chi connectivity index (χ1v) is 6.86. The van der Waals surface area contributed by atoms with Crippen molar-refractivity contribution in [2.45, 2.75) is 32.3 Å². The van der Waals surface area contributed by atoms with E-state index in [2.05, 4.69) is 10.6 Å². The Morgan fingerprint density at radius 2 is 1.90 bits per heavy atom. The monoisotopic (exact) mass is 290 g/mol. The minimum atomic E-state index is -1.04. The number of rotatable bonds is 3. The third-order valence-electron chi connectivity index (χ3n) is 3.45. The van der Waals surface area contributed by atoms with Gasteiger partial charge in [0, 0.05) is 7.05 Å². The van der Waals surface area contributed by atoms with E-state index in [9.17, 15) is 14.4 Å². The van der Waals surface area contributed by atoms with E-state index in [0.717, 1.165) is 24.8 Å². The van der Waals surface area contributed by atoms with Crippen LogP contribution in [0, 0.1) is 0 Å². The highest BCUT2D eigenvalue weighted by Gasteiger charge is 2.21. The first-order valence-electron chi connectivity index (χ1n) is 6.86. The maximum Gasteiger partial charge on any atom is 0.338 e. The molecule has 1 aromatic carbocycles. The molecule has 3 amide bonds. The van der Waals surface area contributed by atoms with Crippen molar-refractivity contribution in [3.63, 3.8) is 0 Å². The Labute approximate surface area is 122 Å². The van der Waals surface area contributed by atoms with Crippen LogP contribution in [0.2, 0.25) is 0 Å². The number of ether oxygens (including phenoxy) is 1. The second kappa shape index (κ2) is 6.39. The van der Waals surface area contributed by atoms with E-state index in [1.54, 1.807) is 6.07 Å². The first-order chi connectivity index (χ1) is 10.0. The van der Waals surface area contributed by atoms with Gasteiger partial charge in [-0.3, -0.25) is 10.1 Å². The van der Waals surface area contributed by atoms with Gasteiger partial charge in [-0.05, 0) is 49.4 Å².